The van der Waals surface area contributed by atoms with Crippen LogP contribution in [0.4, 0.5) is 0 Å². The van der Waals surface area contributed by atoms with Crippen LogP contribution in [0, 0.1) is 12.8 Å². The topological polar surface area (TPSA) is 128 Å². The minimum Gasteiger partial charge on any atom is -0.490 e. The Morgan fingerprint density at radius 3 is 2.51 bits per heavy atom. The van der Waals surface area contributed by atoms with E-state index in [9.17, 15) is 24.6 Å². The standard InChI is InChI=1S/C34H39N3O6/c1-22-10-5-6-13-24(22)20-35-33(41)27-15-9-17-37(27)34(42)28(38)19-25(18-23-11-3-2-4-12-23)32(40)36-31-26-14-7-8-16-30(26)43-21-29(31)39/h2-8,10-14,16,25,27-29,31,38-39H,9,15,17-21H2,1H3,(H,35,41)(H,36,40)/t25-,27-,28-,29+,31-/m0/s1. The van der Waals surface area contributed by atoms with Gasteiger partial charge in [-0.05, 0) is 55.4 Å². The van der Waals surface area contributed by atoms with E-state index in [2.05, 4.69) is 10.6 Å². The van der Waals surface area contributed by atoms with Crippen molar-refractivity contribution in [3.63, 3.8) is 0 Å². The van der Waals surface area contributed by atoms with Crippen LogP contribution in [0.5, 0.6) is 5.75 Å². The number of para-hydroxylation sites is 1. The third kappa shape index (κ3) is 7.24. The quantitative estimate of drug-likeness (QED) is 0.290. The highest BCUT2D eigenvalue weighted by atomic mass is 16.5. The van der Waals surface area contributed by atoms with Gasteiger partial charge in [-0.25, -0.2) is 0 Å². The third-order valence-corrected chi connectivity index (χ3v) is 8.39. The molecule has 0 radical (unpaired) electrons. The molecule has 5 atom stereocenters. The van der Waals surface area contributed by atoms with Crippen molar-refractivity contribution in [1.82, 2.24) is 15.5 Å². The molecule has 3 aromatic carbocycles. The van der Waals surface area contributed by atoms with Crippen molar-refractivity contribution < 1.29 is 29.3 Å². The summed E-state index contributed by atoms with van der Waals surface area (Å²) in [7, 11) is 0. The second-order valence-electron chi connectivity index (χ2n) is 11.4. The fourth-order valence-corrected chi connectivity index (χ4v) is 5.95. The van der Waals surface area contributed by atoms with Gasteiger partial charge in [-0.1, -0.05) is 72.8 Å². The van der Waals surface area contributed by atoms with Crippen molar-refractivity contribution in [2.75, 3.05) is 13.2 Å². The summed E-state index contributed by atoms with van der Waals surface area (Å²) in [5.41, 5.74) is 3.61. The van der Waals surface area contributed by atoms with E-state index in [-0.39, 0.29) is 31.3 Å². The van der Waals surface area contributed by atoms with Gasteiger partial charge in [-0.3, -0.25) is 14.4 Å². The van der Waals surface area contributed by atoms with Crippen LogP contribution in [0.2, 0.25) is 0 Å². The first kappa shape index (κ1) is 30.3. The minimum atomic E-state index is -1.48. The highest BCUT2D eigenvalue weighted by Crippen LogP contribution is 2.32. The predicted octanol–water partition coefficient (Wildman–Crippen LogP) is 2.82. The highest BCUT2D eigenvalue weighted by Gasteiger charge is 2.39. The lowest BCUT2D eigenvalue weighted by Crippen LogP contribution is -2.50. The molecule has 43 heavy (non-hydrogen) atoms. The second kappa shape index (κ2) is 13.8. The minimum absolute atomic E-state index is 0.0364. The maximum absolute atomic E-state index is 13.7. The van der Waals surface area contributed by atoms with Crippen molar-refractivity contribution in [3.05, 3.63) is 101 Å². The zero-order valence-corrected chi connectivity index (χ0v) is 24.3. The molecule has 0 saturated carbocycles. The smallest absolute Gasteiger partial charge is 0.252 e. The number of likely N-dealkylation sites (tertiary alicyclic amines) is 1. The van der Waals surface area contributed by atoms with Gasteiger partial charge in [0.25, 0.3) is 5.91 Å². The fourth-order valence-electron chi connectivity index (χ4n) is 5.95. The lowest BCUT2D eigenvalue weighted by molar-refractivity contribution is -0.146. The van der Waals surface area contributed by atoms with Gasteiger partial charge in [0, 0.05) is 24.6 Å². The lowest BCUT2D eigenvalue weighted by atomic mass is 9.90. The average Bonchev–Trinajstić information content (AvgIpc) is 3.52. The Morgan fingerprint density at radius 2 is 1.72 bits per heavy atom. The molecule has 226 valence electrons. The summed E-state index contributed by atoms with van der Waals surface area (Å²) in [6.07, 6.45) is -1.11. The first-order valence-corrected chi connectivity index (χ1v) is 14.9. The molecule has 5 rings (SSSR count). The average molecular weight is 586 g/mol. The number of aliphatic hydroxyl groups excluding tert-OH is 2. The van der Waals surface area contributed by atoms with Gasteiger partial charge in [0.2, 0.25) is 11.8 Å². The monoisotopic (exact) mass is 585 g/mol. The van der Waals surface area contributed by atoms with Gasteiger partial charge in [-0.15, -0.1) is 0 Å². The number of carbonyl (C=O) groups excluding carboxylic acids is 3. The second-order valence-corrected chi connectivity index (χ2v) is 11.4. The van der Waals surface area contributed by atoms with Gasteiger partial charge in [0.05, 0.1) is 6.04 Å². The number of nitrogens with zero attached hydrogens (tertiary/aromatic N) is 1. The number of rotatable bonds is 10. The number of aryl methyl sites for hydroxylation is 1. The van der Waals surface area contributed by atoms with E-state index >= 15 is 0 Å². The van der Waals surface area contributed by atoms with Crippen LogP contribution in [0.25, 0.3) is 0 Å². The van der Waals surface area contributed by atoms with E-state index in [1.807, 2.05) is 73.7 Å². The molecule has 2 aliphatic heterocycles. The zero-order chi connectivity index (χ0) is 30.3. The number of benzene rings is 3. The maximum Gasteiger partial charge on any atom is 0.252 e. The van der Waals surface area contributed by atoms with Crippen molar-refractivity contribution >= 4 is 17.7 Å². The molecule has 0 spiro atoms. The molecule has 0 bridgehead atoms. The van der Waals surface area contributed by atoms with Crippen LogP contribution < -0.4 is 15.4 Å². The summed E-state index contributed by atoms with van der Waals surface area (Å²) < 4.78 is 5.61. The van der Waals surface area contributed by atoms with Gasteiger partial charge in [-0.2, -0.15) is 0 Å². The molecule has 0 unspecified atom stereocenters. The number of nitrogens with one attached hydrogen (secondary N) is 2. The van der Waals surface area contributed by atoms with Gasteiger partial charge >= 0.3 is 0 Å². The molecular formula is C34H39N3O6. The van der Waals surface area contributed by atoms with E-state index in [4.69, 9.17) is 4.74 Å². The number of ether oxygens (including phenoxy) is 1. The van der Waals surface area contributed by atoms with E-state index in [1.165, 1.54) is 4.90 Å². The lowest BCUT2D eigenvalue weighted by Gasteiger charge is -2.32. The van der Waals surface area contributed by atoms with Crippen LogP contribution in [0.15, 0.2) is 78.9 Å². The summed E-state index contributed by atoms with van der Waals surface area (Å²) in [5.74, 6) is -1.37. The van der Waals surface area contributed by atoms with Gasteiger partial charge in [0.1, 0.15) is 30.6 Å². The Labute approximate surface area is 251 Å². The number of carbonyl (C=O) groups is 3. The van der Waals surface area contributed by atoms with Crippen molar-refractivity contribution in [3.8, 4) is 5.75 Å². The van der Waals surface area contributed by atoms with Crippen LogP contribution in [-0.4, -0.2) is 64.2 Å². The Hall–Kier alpha value is -4.21. The van der Waals surface area contributed by atoms with Crippen molar-refractivity contribution in [2.24, 2.45) is 5.92 Å². The van der Waals surface area contributed by atoms with Gasteiger partial charge < -0.3 is 30.5 Å². The molecule has 2 heterocycles. The first-order valence-electron chi connectivity index (χ1n) is 14.9. The predicted molar refractivity (Wildman–Crippen MR) is 161 cm³/mol. The number of aliphatic hydroxyl groups is 2. The molecule has 2 aliphatic rings. The maximum atomic E-state index is 13.7. The Kier molecular flexibility index (Phi) is 9.74. The molecule has 3 amide bonds. The summed E-state index contributed by atoms with van der Waals surface area (Å²) in [6.45, 7) is 2.73. The Bertz CT molecular complexity index is 1430. The van der Waals surface area contributed by atoms with Crippen molar-refractivity contribution in [1.29, 1.82) is 0 Å². The van der Waals surface area contributed by atoms with Crippen LogP contribution in [-0.2, 0) is 27.3 Å². The molecule has 1 fully saturated rings. The first-order chi connectivity index (χ1) is 20.8. The number of hydrogen-bond donors (Lipinski definition) is 4. The molecule has 3 aromatic rings. The number of amides is 3. The molecule has 1 saturated heterocycles. The van der Waals surface area contributed by atoms with E-state index in [0.29, 0.717) is 37.2 Å². The largest absolute Gasteiger partial charge is 0.490 e. The van der Waals surface area contributed by atoms with Crippen LogP contribution in [0.1, 0.15) is 47.6 Å². The molecule has 4 N–H and O–H groups in total. The summed E-state index contributed by atoms with van der Waals surface area (Å²) in [6, 6.07) is 23.0. The molecule has 9 heteroatoms. The molecule has 0 aliphatic carbocycles. The highest BCUT2D eigenvalue weighted by molar-refractivity contribution is 5.90. The Morgan fingerprint density at radius 1 is 1.00 bits per heavy atom. The van der Waals surface area contributed by atoms with Crippen molar-refractivity contribution in [2.45, 2.75) is 63.4 Å². The van der Waals surface area contributed by atoms with E-state index in [0.717, 1.165) is 16.7 Å². The van der Waals surface area contributed by atoms with Crippen LogP contribution in [0.3, 0.4) is 0 Å². The van der Waals surface area contributed by atoms with E-state index in [1.54, 1.807) is 12.1 Å². The molecule has 0 aromatic heterocycles. The summed E-state index contributed by atoms with van der Waals surface area (Å²) in [4.78, 5) is 41.8. The SMILES string of the molecule is Cc1ccccc1CNC(=O)[C@@H]1CCCN1C(=O)[C@@H](O)C[C@H](Cc1ccccc1)C(=O)N[C@H]1c2ccccc2OC[C@H]1O. The zero-order valence-electron chi connectivity index (χ0n) is 24.3. The fraction of sp³-hybridized carbons (Fsp3) is 0.382. The van der Waals surface area contributed by atoms with E-state index < -0.39 is 36.1 Å². The number of hydrogen-bond acceptors (Lipinski definition) is 6. The van der Waals surface area contributed by atoms with Crippen LogP contribution >= 0.6 is 0 Å². The van der Waals surface area contributed by atoms with Gasteiger partial charge in [0.15, 0.2) is 0 Å². The summed E-state index contributed by atoms with van der Waals surface area (Å²) in [5, 5.41) is 27.7. The normalized spacial score (nSPS) is 20.8. The third-order valence-electron chi connectivity index (χ3n) is 8.39. The Balaban J connectivity index is 1.27. The molecular weight excluding hydrogens is 546 g/mol. The summed E-state index contributed by atoms with van der Waals surface area (Å²) >= 11 is 0. The number of fused-ring (bicyclic) bond motifs is 1. The molecule has 9 nitrogen and oxygen atoms in total.